The smallest absolute Gasteiger partial charge is 0.298 e. The van der Waals surface area contributed by atoms with Gasteiger partial charge in [0.05, 0.1) is 10.0 Å². The Kier molecular flexibility index (Phi) is 7.16. The van der Waals surface area contributed by atoms with Crippen LogP contribution in [-0.4, -0.2) is 48.3 Å². The van der Waals surface area contributed by atoms with Crippen LogP contribution < -0.4 is 0 Å². The van der Waals surface area contributed by atoms with Crippen molar-refractivity contribution < 1.29 is 9.59 Å². The SMILES string of the molecule is CC(=O)N(C)CCC#CC(=O)N1CCCC(c2ccc(Cl)c(Cl)c2)C1. The van der Waals surface area contributed by atoms with Crippen LogP contribution in [0.15, 0.2) is 18.2 Å². The van der Waals surface area contributed by atoms with Crippen LogP contribution in [-0.2, 0) is 9.59 Å². The van der Waals surface area contributed by atoms with Crippen LogP contribution in [0.4, 0.5) is 0 Å². The second-order valence-electron chi connectivity index (χ2n) is 6.26. The normalized spacial score (nSPS) is 16.8. The molecular weight excluding hydrogens is 359 g/mol. The number of halogens is 2. The van der Waals surface area contributed by atoms with Gasteiger partial charge in [-0.05, 0) is 36.5 Å². The molecule has 0 aliphatic carbocycles. The summed E-state index contributed by atoms with van der Waals surface area (Å²) in [6, 6.07) is 5.65. The lowest BCUT2D eigenvalue weighted by Gasteiger charge is -2.31. The van der Waals surface area contributed by atoms with Gasteiger partial charge in [-0.1, -0.05) is 35.2 Å². The molecular formula is C19H22Cl2N2O2. The molecule has 1 aliphatic rings. The minimum atomic E-state index is -0.157. The summed E-state index contributed by atoms with van der Waals surface area (Å²) < 4.78 is 0. The lowest BCUT2D eigenvalue weighted by Crippen LogP contribution is -2.38. The molecule has 2 rings (SSSR count). The maximum atomic E-state index is 12.3. The van der Waals surface area contributed by atoms with Crippen LogP contribution in [0.5, 0.6) is 0 Å². The predicted octanol–water partition coefficient (Wildman–Crippen LogP) is 3.57. The van der Waals surface area contributed by atoms with E-state index in [0.29, 0.717) is 29.6 Å². The predicted molar refractivity (Wildman–Crippen MR) is 101 cm³/mol. The topological polar surface area (TPSA) is 40.6 Å². The average molecular weight is 381 g/mol. The summed E-state index contributed by atoms with van der Waals surface area (Å²) in [7, 11) is 1.72. The van der Waals surface area contributed by atoms with Crippen molar-refractivity contribution in [3.05, 3.63) is 33.8 Å². The molecule has 134 valence electrons. The van der Waals surface area contributed by atoms with Crippen molar-refractivity contribution in [1.82, 2.24) is 9.80 Å². The number of hydrogen-bond acceptors (Lipinski definition) is 2. The van der Waals surface area contributed by atoms with Gasteiger partial charge in [-0.2, -0.15) is 0 Å². The zero-order chi connectivity index (χ0) is 18.4. The summed E-state index contributed by atoms with van der Waals surface area (Å²) in [6.45, 7) is 3.40. The number of benzene rings is 1. The molecule has 0 aromatic heterocycles. The van der Waals surface area contributed by atoms with E-state index in [-0.39, 0.29) is 17.7 Å². The van der Waals surface area contributed by atoms with E-state index < -0.39 is 0 Å². The van der Waals surface area contributed by atoms with Crippen molar-refractivity contribution in [2.24, 2.45) is 0 Å². The number of carbonyl (C=O) groups excluding carboxylic acids is 2. The van der Waals surface area contributed by atoms with Crippen LogP contribution >= 0.6 is 23.2 Å². The quantitative estimate of drug-likeness (QED) is 0.751. The van der Waals surface area contributed by atoms with Crippen molar-refractivity contribution in [1.29, 1.82) is 0 Å². The fourth-order valence-corrected chi connectivity index (χ4v) is 3.10. The van der Waals surface area contributed by atoms with Gasteiger partial charge in [0, 0.05) is 45.9 Å². The third kappa shape index (κ3) is 5.66. The Balaban J connectivity index is 1.93. The number of amides is 2. The molecule has 1 fully saturated rings. The number of likely N-dealkylation sites (tertiary alicyclic amines) is 1. The molecule has 1 saturated heterocycles. The van der Waals surface area contributed by atoms with Gasteiger partial charge < -0.3 is 9.80 Å². The van der Waals surface area contributed by atoms with Gasteiger partial charge in [-0.3, -0.25) is 9.59 Å². The molecule has 25 heavy (non-hydrogen) atoms. The number of nitrogens with zero attached hydrogens (tertiary/aromatic N) is 2. The molecule has 0 saturated carbocycles. The van der Waals surface area contributed by atoms with Gasteiger partial charge in [0.2, 0.25) is 5.91 Å². The highest BCUT2D eigenvalue weighted by molar-refractivity contribution is 6.42. The molecule has 1 atom stereocenters. The van der Waals surface area contributed by atoms with Gasteiger partial charge in [-0.25, -0.2) is 0 Å². The van der Waals surface area contributed by atoms with E-state index in [2.05, 4.69) is 11.8 Å². The van der Waals surface area contributed by atoms with Crippen LogP contribution in [0.3, 0.4) is 0 Å². The van der Waals surface area contributed by atoms with Gasteiger partial charge in [0.15, 0.2) is 0 Å². The maximum absolute atomic E-state index is 12.3. The molecule has 6 heteroatoms. The number of piperidine rings is 1. The highest BCUT2D eigenvalue weighted by Crippen LogP contribution is 2.31. The molecule has 0 radical (unpaired) electrons. The minimum Gasteiger partial charge on any atom is -0.345 e. The summed E-state index contributed by atoms with van der Waals surface area (Å²) in [5.74, 6) is 5.64. The summed E-state index contributed by atoms with van der Waals surface area (Å²) in [4.78, 5) is 26.8. The lowest BCUT2D eigenvalue weighted by molar-refractivity contribution is -0.127. The van der Waals surface area contributed by atoms with Crippen molar-refractivity contribution >= 4 is 35.0 Å². The second kappa shape index (κ2) is 9.12. The lowest BCUT2D eigenvalue weighted by atomic mass is 9.90. The summed E-state index contributed by atoms with van der Waals surface area (Å²) in [5.41, 5.74) is 1.10. The molecule has 4 nitrogen and oxygen atoms in total. The number of carbonyl (C=O) groups is 2. The third-order valence-corrected chi connectivity index (χ3v) is 5.17. The molecule has 2 amide bonds. The first kappa shape index (κ1) is 19.6. The molecule has 1 aromatic carbocycles. The van der Waals surface area contributed by atoms with Crippen molar-refractivity contribution in [3.63, 3.8) is 0 Å². The number of rotatable bonds is 3. The van der Waals surface area contributed by atoms with E-state index in [0.717, 1.165) is 24.9 Å². The first-order valence-electron chi connectivity index (χ1n) is 8.33. The van der Waals surface area contributed by atoms with Crippen molar-refractivity contribution in [2.75, 3.05) is 26.7 Å². The third-order valence-electron chi connectivity index (χ3n) is 4.43. The van der Waals surface area contributed by atoms with Crippen molar-refractivity contribution in [3.8, 4) is 11.8 Å². The van der Waals surface area contributed by atoms with Gasteiger partial charge in [0.25, 0.3) is 5.91 Å². The Morgan fingerprint density at radius 3 is 2.76 bits per heavy atom. The van der Waals surface area contributed by atoms with Gasteiger partial charge >= 0.3 is 0 Å². The van der Waals surface area contributed by atoms with E-state index in [9.17, 15) is 9.59 Å². The first-order chi connectivity index (χ1) is 11.9. The van der Waals surface area contributed by atoms with Gasteiger partial charge in [0.1, 0.15) is 0 Å². The maximum Gasteiger partial charge on any atom is 0.298 e. The summed E-state index contributed by atoms with van der Waals surface area (Å²) in [5, 5.41) is 1.08. The van der Waals surface area contributed by atoms with E-state index in [1.165, 1.54) is 6.92 Å². The van der Waals surface area contributed by atoms with Crippen LogP contribution in [0.25, 0.3) is 0 Å². The molecule has 0 bridgehead atoms. The monoisotopic (exact) mass is 380 g/mol. The van der Waals surface area contributed by atoms with Crippen LogP contribution in [0, 0.1) is 11.8 Å². The van der Waals surface area contributed by atoms with Gasteiger partial charge in [-0.15, -0.1) is 0 Å². The average Bonchev–Trinajstić information content (AvgIpc) is 2.60. The molecule has 1 aliphatic heterocycles. The number of hydrogen-bond donors (Lipinski definition) is 0. The first-order valence-corrected chi connectivity index (χ1v) is 9.08. The minimum absolute atomic E-state index is 0.00590. The fourth-order valence-electron chi connectivity index (χ4n) is 2.80. The molecule has 1 unspecified atom stereocenters. The zero-order valence-corrected chi connectivity index (χ0v) is 16.0. The van der Waals surface area contributed by atoms with E-state index in [1.54, 1.807) is 22.9 Å². The van der Waals surface area contributed by atoms with E-state index >= 15 is 0 Å². The Hall–Kier alpha value is -1.70. The van der Waals surface area contributed by atoms with E-state index in [1.807, 2.05) is 12.1 Å². The molecule has 1 heterocycles. The fraction of sp³-hybridized carbons (Fsp3) is 0.474. The Labute approximate surface area is 159 Å². The molecule has 1 aromatic rings. The Bertz CT molecular complexity index is 709. The van der Waals surface area contributed by atoms with Crippen molar-refractivity contribution in [2.45, 2.75) is 32.1 Å². The Morgan fingerprint density at radius 2 is 2.08 bits per heavy atom. The second-order valence-corrected chi connectivity index (χ2v) is 7.07. The zero-order valence-electron chi connectivity index (χ0n) is 14.5. The standard InChI is InChI=1S/C19H22Cl2N2O2/c1-14(24)22(2)10-4-3-7-19(25)23-11-5-6-16(13-23)15-8-9-17(20)18(21)12-15/h8-9,12,16H,4-6,10-11,13H2,1-2H3. The Morgan fingerprint density at radius 1 is 1.32 bits per heavy atom. The molecule has 0 spiro atoms. The summed E-state index contributed by atoms with van der Waals surface area (Å²) in [6.07, 6.45) is 2.44. The molecule has 0 N–H and O–H groups in total. The van der Waals surface area contributed by atoms with Crippen LogP contribution in [0.2, 0.25) is 10.0 Å². The highest BCUT2D eigenvalue weighted by atomic mass is 35.5. The summed E-state index contributed by atoms with van der Waals surface area (Å²) >= 11 is 12.1. The van der Waals surface area contributed by atoms with Crippen LogP contribution in [0.1, 0.15) is 37.7 Å². The highest BCUT2D eigenvalue weighted by Gasteiger charge is 2.24. The largest absolute Gasteiger partial charge is 0.345 e. The van der Waals surface area contributed by atoms with E-state index in [4.69, 9.17) is 23.2 Å².